The van der Waals surface area contributed by atoms with Crippen LogP contribution in [0.3, 0.4) is 0 Å². The number of anilines is 1. The number of oxime groups is 1. The standard InChI is InChI=1S/C12H10ClN5O5S2/c13-3-1-24-10-6(9(20)18(10)7(3)11(21)22)16-8(19)5(17-23)4-2-25-12(14)15-4/h2,6,10,23H,1H2,(H2,14,15)(H,16,19)(H,21,22)/b17-5-/t6?,10-/m1/s1. The van der Waals surface area contributed by atoms with E-state index in [2.05, 4.69) is 15.5 Å². The molecular formula is C12H10ClN5O5S2. The Kier molecular flexibility index (Phi) is 4.58. The van der Waals surface area contributed by atoms with Crippen molar-refractivity contribution in [2.24, 2.45) is 5.16 Å². The van der Waals surface area contributed by atoms with Gasteiger partial charge in [0.05, 0.1) is 5.03 Å². The maximum Gasteiger partial charge on any atom is 0.353 e. The van der Waals surface area contributed by atoms with Crippen molar-refractivity contribution in [2.45, 2.75) is 11.4 Å². The number of nitrogen functional groups attached to an aromatic ring is 1. The monoisotopic (exact) mass is 403 g/mol. The lowest BCUT2D eigenvalue weighted by atomic mass is 10.0. The van der Waals surface area contributed by atoms with Crippen molar-refractivity contribution in [3.63, 3.8) is 0 Å². The third-order valence-electron chi connectivity index (χ3n) is 3.49. The molecule has 2 amide bonds. The zero-order valence-corrected chi connectivity index (χ0v) is 14.6. The number of fused-ring (bicyclic) bond motifs is 1. The number of halogens is 1. The molecule has 3 heterocycles. The molecule has 1 aromatic heterocycles. The number of thiazole rings is 1. The van der Waals surface area contributed by atoms with Crippen molar-refractivity contribution in [1.82, 2.24) is 15.2 Å². The summed E-state index contributed by atoms with van der Waals surface area (Å²) >= 11 is 8.14. The number of thioether (sulfide) groups is 1. The van der Waals surface area contributed by atoms with Crippen molar-refractivity contribution in [3.05, 3.63) is 21.8 Å². The molecule has 0 aromatic carbocycles. The van der Waals surface area contributed by atoms with Crippen LogP contribution in [0.2, 0.25) is 0 Å². The highest BCUT2D eigenvalue weighted by atomic mass is 35.5. The Morgan fingerprint density at radius 1 is 1.52 bits per heavy atom. The number of nitrogens with zero attached hydrogens (tertiary/aromatic N) is 3. The molecule has 1 fully saturated rings. The maximum atomic E-state index is 12.3. The maximum absolute atomic E-state index is 12.3. The molecule has 10 nitrogen and oxygen atoms in total. The van der Waals surface area contributed by atoms with Gasteiger partial charge in [-0.3, -0.25) is 14.5 Å². The van der Waals surface area contributed by atoms with Crippen LogP contribution in [0.4, 0.5) is 5.13 Å². The molecule has 0 spiro atoms. The molecule has 0 radical (unpaired) electrons. The molecule has 3 rings (SSSR count). The molecule has 0 saturated carbocycles. The average molecular weight is 404 g/mol. The average Bonchev–Trinajstić information content (AvgIpc) is 2.98. The zero-order valence-electron chi connectivity index (χ0n) is 12.2. The van der Waals surface area contributed by atoms with Gasteiger partial charge in [-0.05, 0) is 0 Å². The SMILES string of the molecule is Nc1nc(/C(=N/O)C(=O)NC2C(=O)N3C(C(=O)O)=C(Cl)CS[C@H]23)cs1. The minimum absolute atomic E-state index is 0.0578. The number of aliphatic carboxylic acids is 1. The Morgan fingerprint density at radius 3 is 2.80 bits per heavy atom. The van der Waals surface area contributed by atoms with E-state index >= 15 is 0 Å². The molecule has 25 heavy (non-hydrogen) atoms. The predicted molar refractivity (Wildman–Crippen MR) is 90.4 cm³/mol. The summed E-state index contributed by atoms with van der Waals surface area (Å²) in [7, 11) is 0. The number of β-lactam (4-membered cyclic amide) rings is 1. The third-order valence-corrected chi connectivity index (χ3v) is 5.92. The number of hydrogen-bond acceptors (Lipinski definition) is 9. The molecular weight excluding hydrogens is 394 g/mol. The van der Waals surface area contributed by atoms with Crippen LogP contribution >= 0.6 is 34.7 Å². The number of nitrogens with two attached hydrogens (primary N) is 1. The summed E-state index contributed by atoms with van der Waals surface area (Å²) in [6.45, 7) is 0. The van der Waals surface area contributed by atoms with Crippen LogP contribution in [0.1, 0.15) is 5.69 Å². The zero-order chi connectivity index (χ0) is 18.3. The van der Waals surface area contributed by atoms with E-state index in [1.165, 1.54) is 17.1 Å². The number of amides is 2. The molecule has 2 atom stereocenters. The summed E-state index contributed by atoms with van der Waals surface area (Å²) in [4.78, 5) is 40.7. The van der Waals surface area contributed by atoms with Crippen LogP contribution in [0.15, 0.2) is 21.3 Å². The Labute approximate surface area is 153 Å². The number of hydrogen-bond donors (Lipinski definition) is 4. The van der Waals surface area contributed by atoms with Gasteiger partial charge in [0, 0.05) is 11.1 Å². The topological polar surface area (TPSA) is 158 Å². The quantitative estimate of drug-likeness (QED) is 0.233. The van der Waals surface area contributed by atoms with E-state index in [1.807, 2.05) is 0 Å². The number of aromatic nitrogens is 1. The van der Waals surface area contributed by atoms with Crippen molar-refractivity contribution >= 4 is 63.3 Å². The van der Waals surface area contributed by atoms with E-state index in [9.17, 15) is 19.5 Å². The highest BCUT2D eigenvalue weighted by molar-refractivity contribution is 8.00. The second kappa shape index (κ2) is 6.54. The molecule has 1 saturated heterocycles. The summed E-state index contributed by atoms with van der Waals surface area (Å²) in [6, 6.07) is -0.968. The smallest absolute Gasteiger partial charge is 0.353 e. The normalized spacial score (nSPS) is 23.2. The van der Waals surface area contributed by atoms with Gasteiger partial charge in [-0.25, -0.2) is 9.78 Å². The summed E-state index contributed by atoms with van der Waals surface area (Å²) < 4.78 is 0. The number of carbonyl (C=O) groups excluding carboxylic acids is 2. The second-order valence-corrected chi connectivity index (χ2v) is 7.39. The van der Waals surface area contributed by atoms with Gasteiger partial charge in [0.1, 0.15) is 22.8 Å². The van der Waals surface area contributed by atoms with Crippen LogP contribution in [0.25, 0.3) is 0 Å². The molecule has 0 aliphatic carbocycles. The van der Waals surface area contributed by atoms with Crippen molar-refractivity contribution in [3.8, 4) is 0 Å². The minimum Gasteiger partial charge on any atom is -0.477 e. The van der Waals surface area contributed by atoms with Crippen molar-refractivity contribution < 1.29 is 24.7 Å². The Balaban J connectivity index is 1.76. The fraction of sp³-hybridized carbons (Fsp3) is 0.250. The lowest BCUT2D eigenvalue weighted by Gasteiger charge is -2.48. The third kappa shape index (κ3) is 2.92. The fourth-order valence-electron chi connectivity index (χ4n) is 2.40. The van der Waals surface area contributed by atoms with Crippen LogP contribution in [-0.4, -0.2) is 60.9 Å². The molecule has 0 bridgehead atoms. The molecule has 13 heteroatoms. The number of nitrogens with one attached hydrogen (secondary N) is 1. The van der Waals surface area contributed by atoms with Gasteiger partial charge < -0.3 is 21.4 Å². The van der Waals surface area contributed by atoms with Crippen LogP contribution < -0.4 is 11.1 Å². The Hall–Kier alpha value is -2.31. The van der Waals surface area contributed by atoms with E-state index < -0.39 is 34.9 Å². The summed E-state index contributed by atoms with van der Waals surface area (Å²) in [5.74, 6) is -2.56. The van der Waals surface area contributed by atoms with Crippen LogP contribution in [-0.2, 0) is 14.4 Å². The van der Waals surface area contributed by atoms with Gasteiger partial charge in [-0.2, -0.15) is 0 Å². The van der Waals surface area contributed by atoms with Gasteiger partial charge in [0.25, 0.3) is 11.8 Å². The first-order chi connectivity index (χ1) is 11.8. The first-order valence-corrected chi connectivity index (χ1v) is 8.96. The van der Waals surface area contributed by atoms with Gasteiger partial charge in [0.2, 0.25) is 0 Å². The van der Waals surface area contributed by atoms with Gasteiger partial charge >= 0.3 is 5.97 Å². The number of carboxylic acid groups (broad SMARTS) is 1. The largest absolute Gasteiger partial charge is 0.477 e. The van der Waals surface area contributed by atoms with Gasteiger partial charge in [0.15, 0.2) is 10.8 Å². The Bertz CT molecular complexity index is 838. The van der Waals surface area contributed by atoms with E-state index in [0.29, 0.717) is 0 Å². The molecule has 5 N–H and O–H groups in total. The van der Waals surface area contributed by atoms with Crippen LogP contribution in [0.5, 0.6) is 0 Å². The highest BCUT2D eigenvalue weighted by Crippen LogP contribution is 2.41. The van der Waals surface area contributed by atoms with E-state index in [1.54, 1.807) is 0 Å². The summed E-state index contributed by atoms with van der Waals surface area (Å²) in [5, 5.41) is 24.6. The van der Waals surface area contributed by atoms with Crippen molar-refractivity contribution in [1.29, 1.82) is 0 Å². The molecule has 132 valence electrons. The first kappa shape index (κ1) is 17.5. The predicted octanol–water partition coefficient (Wildman–Crippen LogP) is -0.161. The van der Waals surface area contributed by atoms with Crippen LogP contribution in [0, 0.1) is 0 Å². The van der Waals surface area contributed by atoms with E-state index in [4.69, 9.17) is 22.5 Å². The lowest BCUT2D eigenvalue weighted by molar-refractivity contribution is -0.150. The Morgan fingerprint density at radius 2 is 2.24 bits per heavy atom. The fourth-order valence-corrected chi connectivity index (χ4v) is 4.50. The van der Waals surface area contributed by atoms with E-state index in [0.717, 1.165) is 16.2 Å². The van der Waals surface area contributed by atoms with Gasteiger partial charge in [-0.1, -0.05) is 16.8 Å². The van der Waals surface area contributed by atoms with Gasteiger partial charge in [-0.15, -0.1) is 23.1 Å². The minimum atomic E-state index is -1.32. The second-order valence-electron chi connectivity index (χ2n) is 4.94. The molecule has 1 unspecified atom stereocenters. The van der Waals surface area contributed by atoms with Crippen molar-refractivity contribution in [2.75, 3.05) is 11.5 Å². The highest BCUT2D eigenvalue weighted by Gasteiger charge is 2.54. The molecule has 2 aliphatic rings. The lowest BCUT2D eigenvalue weighted by Crippen LogP contribution is -2.70. The number of carbonyl (C=O) groups is 3. The number of rotatable bonds is 4. The number of carboxylic acids is 1. The summed E-state index contributed by atoms with van der Waals surface area (Å²) in [6.07, 6.45) is 0. The molecule has 1 aromatic rings. The van der Waals surface area contributed by atoms with E-state index in [-0.39, 0.29) is 27.3 Å². The summed E-state index contributed by atoms with van der Waals surface area (Å²) in [5.41, 5.74) is 4.86. The first-order valence-electron chi connectivity index (χ1n) is 6.66. The molecule has 2 aliphatic heterocycles.